The molecule has 0 aliphatic carbocycles. The highest BCUT2D eigenvalue weighted by atomic mass is 16.3. The molecule has 0 aliphatic rings. The third-order valence-corrected chi connectivity index (χ3v) is 1.15. The van der Waals surface area contributed by atoms with Crippen molar-refractivity contribution in [2.75, 3.05) is 13.2 Å². The Morgan fingerprint density at radius 1 is 1.25 bits per heavy atom. The lowest BCUT2D eigenvalue weighted by atomic mass is 10.1. The largest absolute Gasteiger partial charge is 0.396 e. The first kappa shape index (κ1) is 7.88. The Morgan fingerprint density at radius 2 is 1.62 bits per heavy atom. The number of aliphatic hydroxyl groups is 3. The molecule has 1 atom stereocenters. The van der Waals surface area contributed by atoms with Crippen LogP contribution in [0.3, 0.4) is 0 Å². The number of hydrogen-bond donors (Lipinski definition) is 3. The molecular weight excluding hydrogens is 108 g/mol. The lowest BCUT2D eigenvalue weighted by Crippen LogP contribution is -2.23. The topological polar surface area (TPSA) is 60.7 Å². The van der Waals surface area contributed by atoms with Gasteiger partial charge in [0.2, 0.25) is 0 Å². The van der Waals surface area contributed by atoms with Gasteiger partial charge in [0.05, 0.1) is 19.3 Å². The maximum Gasteiger partial charge on any atom is 0.0584 e. The summed E-state index contributed by atoms with van der Waals surface area (Å²) in [6, 6.07) is 0. The van der Waals surface area contributed by atoms with Gasteiger partial charge in [0.15, 0.2) is 0 Å². The van der Waals surface area contributed by atoms with Crippen LogP contribution in [0.15, 0.2) is 0 Å². The van der Waals surface area contributed by atoms with Crippen molar-refractivity contribution in [2.24, 2.45) is 5.92 Å². The van der Waals surface area contributed by atoms with E-state index in [0.717, 1.165) is 0 Å². The summed E-state index contributed by atoms with van der Waals surface area (Å²) in [5, 5.41) is 25.4. The van der Waals surface area contributed by atoms with E-state index in [1.54, 1.807) is 0 Å². The minimum absolute atomic E-state index is 0.159. The molecule has 0 amide bonds. The molecule has 0 aliphatic heterocycles. The molecule has 8 heavy (non-hydrogen) atoms. The van der Waals surface area contributed by atoms with Gasteiger partial charge in [0.1, 0.15) is 0 Å². The maximum absolute atomic E-state index is 8.69. The zero-order chi connectivity index (χ0) is 6.57. The van der Waals surface area contributed by atoms with E-state index >= 15 is 0 Å². The zero-order valence-electron chi connectivity index (χ0n) is 4.91. The van der Waals surface area contributed by atoms with Crippen LogP contribution in [0.1, 0.15) is 6.92 Å². The van der Waals surface area contributed by atoms with Crippen molar-refractivity contribution < 1.29 is 15.3 Å². The molecular formula is C5H12O3. The number of aliphatic hydroxyl groups excluding tert-OH is 3. The second-order valence-corrected chi connectivity index (χ2v) is 1.87. The van der Waals surface area contributed by atoms with Crippen LogP contribution in [-0.2, 0) is 0 Å². The summed E-state index contributed by atoms with van der Waals surface area (Å²) in [5.41, 5.74) is 0. The summed E-state index contributed by atoms with van der Waals surface area (Å²) < 4.78 is 0. The number of hydrogen-bond acceptors (Lipinski definition) is 3. The Balaban J connectivity index is 3.35. The maximum atomic E-state index is 8.69. The summed E-state index contributed by atoms with van der Waals surface area (Å²) >= 11 is 0. The van der Waals surface area contributed by atoms with Crippen LogP contribution in [0, 0.1) is 5.92 Å². The lowest BCUT2D eigenvalue weighted by Gasteiger charge is -2.12. The van der Waals surface area contributed by atoms with E-state index in [2.05, 4.69) is 0 Å². The first-order chi connectivity index (χ1) is 3.72. The van der Waals surface area contributed by atoms with Crippen LogP contribution in [0.4, 0.5) is 0 Å². The Kier molecular flexibility index (Phi) is 3.77. The predicted molar refractivity (Wildman–Crippen MR) is 29.3 cm³/mol. The van der Waals surface area contributed by atoms with E-state index in [1.807, 2.05) is 0 Å². The molecule has 0 spiro atoms. The summed E-state index contributed by atoms with van der Waals surface area (Å²) in [6.07, 6.45) is -0.620. The Morgan fingerprint density at radius 3 is 1.62 bits per heavy atom. The summed E-state index contributed by atoms with van der Waals surface area (Å²) in [5.74, 6) is -0.380. The molecule has 0 heterocycles. The standard InChI is InChI=1S/C5H12O3/c1-4(8)5(2-6)3-7/h4-8H,2-3H2,1H3. The van der Waals surface area contributed by atoms with E-state index < -0.39 is 6.10 Å². The van der Waals surface area contributed by atoms with Crippen molar-refractivity contribution in [1.82, 2.24) is 0 Å². The van der Waals surface area contributed by atoms with E-state index in [-0.39, 0.29) is 19.1 Å². The summed E-state index contributed by atoms with van der Waals surface area (Å²) in [7, 11) is 0. The summed E-state index contributed by atoms with van der Waals surface area (Å²) in [4.78, 5) is 0. The van der Waals surface area contributed by atoms with Crippen molar-refractivity contribution in [3.8, 4) is 0 Å². The predicted octanol–water partition coefficient (Wildman–Crippen LogP) is -1.03. The molecule has 0 saturated carbocycles. The fraction of sp³-hybridized carbons (Fsp3) is 1.00. The van der Waals surface area contributed by atoms with Gasteiger partial charge in [0, 0.05) is 5.92 Å². The lowest BCUT2D eigenvalue weighted by molar-refractivity contribution is 0.0430. The van der Waals surface area contributed by atoms with Crippen LogP contribution in [0.5, 0.6) is 0 Å². The van der Waals surface area contributed by atoms with Gasteiger partial charge in [-0.05, 0) is 6.92 Å². The SMILES string of the molecule is CC(O)C(CO)CO. The molecule has 0 radical (unpaired) electrons. The Hall–Kier alpha value is -0.120. The van der Waals surface area contributed by atoms with Gasteiger partial charge in [0.25, 0.3) is 0 Å². The monoisotopic (exact) mass is 120 g/mol. The minimum Gasteiger partial charge on any atom is -0.396 e. The van der Waals surface area contributed by atoms with Gasteiger partial charge in [-0.25, -0.2) is 0 Å². The van der Waals surface area contributed by atoms with Crippen LogP contribution in [-0.4, -0.2) is 34.6 Å². The third-order valence-electron chi connectivity index (χ3n) is 1.15. The van der Waals surface area contributed by atoms with Crippen LogP contribution >= 0.6 is 0 Å². The van der Waals surface area contributed by atoms with E-state index in [0.29, 0.717) is 0 Å². The molecule has 1 unspecified atom stereocenters. The highest BCUT2D eigenvalue weighted by Gasteiger charge is 2.10. The van der Waals surface area contributed by atoms with Crippen molar-refractivity contribution in [2.45, 2.75) is 13.0 Å². The van der Waals surface area contributed by atoms with Crippen LogP contribution in [0.2, 0.25) is 0 Å². The average Bonchev–Trinajstić information content (AvgIpc) is 1.69. The molecule has 50 valence electrons. The van der Waals surface area contributed by atoms with Crippen molar-refractivity contribution in [3.05, 3.63) is 0 Å². The van der Waals surface area contributed by atoms with Crippen LogP contribution in [0.25, 0.3) is 0 Å². The smallest absolute Gasteiger partial charge is 0.0584 e. The molecule has 0 bridgehead atoms. The molecule has 0 aromatic heterocycles. The molecule has 0 saturated heterocycles. The van der Waals surface area contributed by atoms with Crippen molar-refractivity contribution in [3.63, 3.8) is 0 Å². The highest BCUT2D eigenvalue weighted by molar-refractivity contribution is 4.60. The highest BCUT2D eigenvalue weighted by Crippen LogP contribution is 1.98. The molecule has 0 aromatic rings. The fourth-order valence-corrected chi connectivity index (χ4v) is 0.363. The second-order valence-electron chi connectivity index (χ2n) is 1.87. The normalized spacial score (nSPS) is 14.6. The van der Waals surface area contributed by atoms with Gasteiger partial charge in [-0.15, -0.1) is 0 Å². The third kappa shape index (κ3) is 2.26. The number of rotatable bonds is 3. The second kappa shape index (κ2) is 3.83. The van der Waals surface area contributed by atoms with Crippen molar-refractivity contribution >= 4 is 0 Å². The van der Waals surface area contributed by atoms with E-state index in [9.17, 15) is 0 Å². The van der Waals surface area contributed by atoms with Crippen molar-refractivity contribution in [1.29, 1.82) is 0 Å². The van der Waals surface area contributed by atoms with Crippen LogP contribution < -0.4 is 0 Å². The molecule has 0 aromatic carbocycles. The molecule has 0 rings (SSSR count). The van der Waals surface area contributed by atoms with Gasteiger partial charge in [-0.3, -0.25) is 0 Å². The summed E-state index contributed by atoms with van der Waals surface area (Å²) in [6.45, 7) is 1.22. The quantitative estimate of drug-likeness (QED) is 0.446. The Labute approximate surface area is 48.6 Å². The molecule has 3 N–H and O–H groups in total. The van der Waals surface area contributed by atoms with E-state index in [4.69, 9.17) is 15.3 Å². The van der Waals surface area contributed by atoms with Gasteiger partial charge >= 0.3 is 0 Å². The first-order valence-electron chi connectivity index (χ1n) is 2.62. The van der Waals surface area contributed by atoms with Gasteiger partial charge < -0.3 is 15.3 Å². The first-order valence-corrected chi connectivity index (χ1v) is 2.62. The van der Waals surface area contributed by atoms with Gasteiger partial charge in [-0.2, -0.15) is 0 Å². The average molecular weight is 120 g/mol. The van der Waals surface area contributed by atoms with E-state index in [1.165, 1.54) is 6.92 Å². The molecule has 0 fully saturated rings. The zero-order valence-corrected chi connectivity index (χ0v) is 4.91. The minimum atomic E-state index is -0.620. The fourth-order valence-electron chi connectivity index (χ4n) is 0.363. The molecule has 3 nitrogen and oxygen atoms in total. The molecule has 3 heteroatoms. The Bertz CT molecular complexity index is 49.6. The van der Waals surface area contributed by atoms with Gasteiger partial charge in [-0.1, -0.05) is 0 Å².